The van der Waals surface area contributed by atoms with Crippen molar-refractivity contribution in [3.05, 3.63) is 125 Å². The fourth-order valence-electron chi connectivity index (χ4n) is 6.95. The molecule has 2 aliphatic heterocycles. The molecule has 4 amide bonds. The van der Waals surface area contributed by atoms with Crippen molar-refractivity contribution in [2.45, 2.75) is 76.5 Å². The zero-order valence-corrected chi connectivity index (χ0v) is 36.5. The Labute approximate surface area is 373 Å². The number of aromatic nitrogens is 2. The van der Waals surface area contributed by atoms with Crippen LogP contribution in [0.1, 0.15) is 75.1 Å². The fraction of sp³-hybridized carbons (Fsp3) is 0.261. The summed E-state index contributed by atoms with van der Waals surface area (Å²) in [5, 5.41) is 10.00. The number of carbonyl (C=O) groups is 4. The van der Waals surface area contributed by atoms with E-state index >= 15 is 0 Å². The summed E-state index contributed by atoms with van der Waals surface area (Å²) in [6.07, 6.45) is -0.0734. The van der Waals surface area contributed by atoms with Crippen LogP contribution in [0.5, 0.6) is 0 Å². The molecule has 4 aromatic carbocycles. The van der Waals surface area contributed by atoms with Crippen LogP contribution in [0.2, 0.25) is 5.02 Å². The molecule has 0 saturated carbocycles. The SMILES string of the molecule is CC#Cc1nsc2cc(Cl)ccc12.CC#Cc1nsc2cc(N3C(=O)C[C@H](NC(=O)C(C)(F)F)[C@H]3c3ccccc3)ccc12.CC(F)(F)C(=O)N[C@H]1CC(=O)N[C@@H]1c1ccccc1. The highest BCUT2D eigenvalue weighted by atomic mass is 35.5. The first-order valence-electron chi connectivity index (χ1n) is 19.4. The minimum absolute atomic E-state index is 0.00137. The summed E-state index contributed by atoms with van der Waals surface area (Å²) in [5.74, 6) is 1.32. The third-order valence-corrected chi connectivity index (χ3v) is 11.7. The lowest BCUT2D eigenvalue weighted by atomic mass is 9.99. The molecule has 0 bridgehead atoms. The molecule has 324 valence electrons. The molecule has 8 rings (SSSR count). The van der Waals surface area contributed by atoms with Crippen molar-refractivity contribution in [1.82, 2.24) is 24.7 Å². The summed E-state index contributed by atoms with van der Waals surface area (Å²) < 4.78 is 63.4. The van der Waals surface area contributed by atoms with E-state index in [1.54, 1.807) is 49.1 Å². The third kappa shape index (κ3) is 11.2. The van der Waals surface area contributed by atoms with Gasteiger partial charge in [0, 0.05) is 48.2 Å². The van der Waals surface area contributed by atoms with Crippen LogP contribution in [-0.4, -0.2) is 56.3 Å². The van der Waals surface area contributed by atoms with E-state index in [0.717, 1.165) is 42.0 Å². The van der Waals surface area contributed by atoms with Gasteiger partial charge >= 0.3 is 11.8 Å². The van der Waals surface area contributed by atoms with Crippen LogP contribution in [0, 0.1) is 23.7 Å². The number of halogens is 5. The maximum Gasteiger partial charge on any atom is 0.321 e. The van der Waals surface area contributed by atoms with Crippen molar-refractivity contribution in [3.8, 4) is 23.7 Å². The first kappa shape index (κ1) is 46.2. The molecule has 63 heavy (non-hydrogen) atoms. The van der Waals surface area contributed by atoms with Gasteiger partial charge in [-0.1, -0.05) is 84.1 Å². The van der Waals surface area contributed by atoms with Crippen molar-refractivity contribution in [3.63, 3.8) is 0 Å². The van der Waals surface area contributed by atoms with Crippen molar-refractivity contribution in [1.29, 1.82) is 0 Å². The van der Waals surface area contributed by atoms with E-state index in [-0.39, 0.29) is 24.7 Å². The van der Waals surface area contributed by atoms with Crippen LogP contribution in [-0.2, 0) is 19.2 Å². The van der Waals surface area contributed by atoms with Crippen molar-refractivity contribution >= 4 is 84.2 Å². The second-order valence-corrected chi connectivity index (χ2v) is 16.6. The van der Waals surface area contributed by atoms with Gasteiger partial charge in [-0.3, -0.25) is 19.2 Å². The highest BCUT2D eigenvalue weighted by molar-refractivity contribution is 7.13. The second-order valence-electron chi connectivity index (χ2n) is 14.6. The molecule has 2 fully saturated rings. The maximum absolute atomic E-state index is 13.5. The molecule has 4 atom stereocenters. The Morgan fingerprint density at radius 1 is 0.730 bits per heavy atom. The van der Waals surface area contributed by atoms with Gasteiger partial charge in [-0.2, -0.15) is 26.3 Å². The van der Waals surface area contributed by atoms with E-state index in [1.165, 1.54) is 23.1 Å². The molecule has 2 saturated heterocycles. The molecular weight excluding hydrogens is 876 g/mol. The average molecular weight is 915 g/mol. The molecule has 0 unspecified atom stereocenters. The largest absolute Gasteiger partial charge is 0.347 e. The van der Waals surface area contributed by atoms with Gasteiger partial charge in [0.05, 0.1) is 33.6 Å². The molecule has 0 radical (unpaired) electrons. The van der Waals surface area contributed by atoms with Crippen LogP contribution >= 0.6 is 34.7 Å². The second kappa shape index (κ2) is 19.8. The van der Waals surface area contributed by atoms with E-state index in [2.05, 4.69) is 48.4 Å². The molecular formula is C46H39ClF4N6O4S2. The van der Waals surface area contributed by atoms with Gasteiger partial charge in [0.25, 0.3) is 11.8 Å². The van der Waals surface area contributed by atoms with E-state index in [1.807, 2.05) is 66.7 Å². The van der Waals surface area contributed by atoms with Gasteiger partial charge in [-0.15, -0.1) is 0 Å². The summed E-state index contributed by atoms with van der Waals surface area (Å²) in [4.78, 5) is 49.3. The lowest BCUT2D eigenvalue weighted by Gasteiger charge is -2.29. The molecule has 0 spiro atoms. The number of hydrogen-bond donors (Lipinski definition) is 3. The summed E-state index contributed by atoms with van der Waals surface area (Å²) in [5.41, 5.74) is 3.67. The Morgan fingerprint density at radius 3 is 1.78 bits per heavy atom. The summed E-state index contributed by atoms with van der Waals surface area (Å²) in [6.45, 7) is 4.62. The fourth-order valence-corrected chi connectivity index (χ4v) is 8.74. The molecule has 10 nitrogen and oxygen atoms in total. The number of hydrogen-bond acceptors (Lipinski definition) is 8. The Bertz CT molecular complexity index is 2770. The molecule has 0 aliphatic carbocycles. The number of rotatable bonds is 7. The summed E-state index contributed by atoms with van der Waals surface area (Å²) in [7, 11) is 0. The van der Waals surface area contributed by atoms with Crippen LogP contribution in [0.4, 0.5) is 23.2 Å². The predicted molar refractivity (Wildman–Crippen MR) is 238 cm³/mol. The standard InChI is InChI=1S/C23H19F2N3O2S.C13H14F2N2O2.C10H6ClNS/c1-3-7-17-16-11-10-15(12-19(16)31-27-17)28-20(29)13-18(26-22(30)23(2,24)25)21(28)14-8-5-4-6-9-14;1-13(14,15)12(19)16-9-7-10(18)17-11(9)8-5-3-2-4-6-8;1-2-3-9-8-5-4-7(11)6-10(8)13-12-9/h4-6,8-12,18,21H,13H2,1-2H3,(H,26,30);2-6,9,11H,7H2,1H3,(H,16,19)(H,17,18);4-6H,1H3/t18-,21+;9-,11+;/m00./s1. The van der Waals surface area contributed by atoms with E-state index in [4.69, 9.17) is 11.6 Å². The van der Waals surface area contributed by atoms with Gasteiger partial charge in [0.15, 0.2) is 0 Å². The molecule has 2 aliphatic rings. The Kier molecular flexibility index (Phi) is 14.5. The monoisotopic (exact) mass is 914 g/mol. The van der Waals surface area contributed by atoms with Crippen LogP contribution in [0.3, 0.4) is 0 Å². The smallest absolute Gasteiger partial charge is 0.321 e. The van der Waals surface area contributed by atoms with Gasteiger partial charge in [-0.05, 0) is 96.3 Å². The zero-order valence-electron chi connectivity index (χ0n) is 34.1. The van der Waals surface area contributed by atoms with Crippen LogP contribution in [0.25, 0.3) is 20.2 Å². The summed E-state index contributed by atoms with van der Waals surface area (Å²) >= 11 is 8.56. The van der Waals surface area contributed by atoms with E-state index < -0.39 is 47.8 Å². The number of benzene rings is 4. The number of amides is 4. The Hall–Kier alpha value is -6.33. The minimum Gasteiger partial charge on any atom is -0.347 e. The molecule has 3 N–H and O–H groups in total. The number of alkyl halides is 4. The molecule has 2 aromatic heterocycles. The average Bonchev–Trinajstić information content (AvgIpc) is 4.02. The Balaban J connectivity index is 0.000000175. The minimum atomic E-state index is -3.53. The number of fused-ring (bicyclic) bond motifs is 2. The topological polar surface area (TPSA) is 133 Å². The first-order chi connectivity index (χ1) is 30.0. The predicted octanol–water partition coefficient (Wildman–Crippen LogP) is 8.99. The van der Waals surface area contributed by atoms with E-state index in [9.17, 15) is 36.7 Å². The number of nitrogens with zero attached hydrogens (tertiary/aromatic N) is 3. The van der Waals surface area contributed by atoms with Gasteiger partial charge < -0.3 is 20.9 Å². The lowest BCUT2D eigenvalue weighted by molar-refractivity contribution is -0.144. The number of carbonyl (C=O) groups excluding carboxylic acids is 4. The van der Waals surface area contributed by atoms with Gasteiger partial charge in [0.2, 0.25) is 11.8 Å². The number of anilines is 1. The quantitative estimate of drug-likeness (QED) is 0.108. The van der Waals surface area contributed by atoms with Crippen LogP contribution < -0.4 is 20.9 Å². The molecule has 6 aromatic rings. The van der Waals surface area contributed by atoms with Crippen molar-refractivity contribution in [2.24, 2.45) is 0 Å². The van der Waals surface area contributed by atoms with Crippen LogP contribution in [0.15, 0.2) is 97.1 Å². The highest BCUT2D eigenvalue weighted by Gasteiger charge is 2.45. The van der Waals surface area contributed by atoms with E-state index in [0.29, 0.717) is 25.2 Å². The maximum atomic E-state index is 13.5. The Morgan fingerprint density at radius 2 is 1.24 bits per heavy atom. The highest BCUT2D eigenvalue weighted by Crippen LogP contribution is 2.40. The first-order valence-corrected chi connectivity index (χ1v) is 21.3. The van der Waals surface area contributed by atoms with Gasteiger partial charge in [0.1, 0.15) is 11.4 Å². The van der Waals surface area contributed by atoms with Crippen molar-refractivity contribution < 1.29 is 36.7 Å². The molecule has 17 heteroatoms. The summed E-state index contributed by atoms with van der Waals surface area (Å²) in [6, 6.07) is 26.7. The van der Waals surface area contributed by atoms with Gasteiger partial charge in [-0.25, -0.2) is 0 Å². The number of nitrogens with one attached hydrogen (secondary N) is 3. The normalized spacial score (nSPS) is 18.1. The lowest BCUT2D eigenvalue weighted by Crippen LogP contribution is -2.46. The van der Waals surface area contributed by atoms with Crippen molar-refractivity contribution in [2.75, 3.05) is 4.90 Å². The third-order valence-electron chi connectivity index (χ3n) is 9.83. The zero-order chi connectivity index (χ0) is 45.5. The molecule has 4 heterocycles.